The summed E-state index contributed by atoms with van der Waals surface area (Å²) in [6.45, 7) is 0. The molecule has 0 atom stereocenters. The summed E-state index contributed by atoms with van der Waals surface area (Å²) in [6, 6.07) is 7.65. The van der Waals surface area contributed by atoms with Crippen molar-refractivity contribution in [1.82, 2.24) is 0 Å². The summed E-state index contributed by atoms with van der Waals surface area (Å²) in [5.74, 6) is -0.949. The van der Waals surface area contributed by atoms with Gasteiger partial charge in [0.2, 0.25) is 0 Å². The molecule has 1 heterocycles. The Kier molecular flexibility index (Phi) is 2.80. The number of hydrogen-bond donors (Lipinski definition) is 1. The fraction of sp³-hybridized carbons (Fsp3) is 0.143. The lowest BCUT2D eigenvalue weighted by atomic mass is 10.00. The lowest BCUT2D eigenvalue weighted by molar-refractivity contribution is -0.129. The summed E-state index contributed by atoms with van der Waals surface area (Å²) >= 11 is 1.60. The number of nitrogens with zero attached hydrogens (tertiary/aromatic N) is 1. The van der Waals surface area contributed by atoms with E-state index >= 15 is 0 Å². The molecule has 18 heavy (non-hydrogen) atoms. The minimum absolute atomic E-state index is 0.187. The first-order chi connectivity index (χ1) is 8.75. The molecule has 1 aliphatic heterocycles. The second-order valence-corrected chi connectivity index (χ2v) is 5.20. The van der Waals surface area contributed by atoms with Gasteiger partial charge >= 0.3 is 5.97 Å². The number of allylic oxidation sites excluding steroid dienone is 2. The number of carboxylic acids is 1. The first-order valence-electron chi connectivity index (χ1n) is 5.74. The Labute approximate surface area is 109 Å². The van der Waals surface area contributed by atoms with E-state index in [1.165, 1.54) is 0 Å². The molecule has 90 valence electrons. The van der Waals surface area contributed by atoms with E-state index in [4.69, 9.17) is 0 Å². The number of aliphatic imine (C=N–C) groups is 1. The fourth-order valence-corrected chi connectivity index (χ4v) is 3.18. The molecule has 0 saturated heterocycles. The summed E-state index contributed by atoms with van der Waals surface area (Å²) in [5.41, 5.74) is 1.78. The van der Waals surface area contributed by atoms with E-state index in [0.717, 1.165) is 33.9 Å². The smallest absolute Gasteiger partial charge is 0.354 e. The van der Waals surface area contributed by atoms with Crippen molar-refractivity contribution in [3.8, 4) is 0 Å². The standard InChI is InChI=1S/C14H11NO2S/c16-14(17)13-9-5-1-3-7-11(9)18-12-8-4-2-6-10(12)15-13/h2-4,6-8H,1,5H2,(H,16,17). The Hall–Kier alpha value is -1.81. The van der Waals surface area contributed by atoms with Crippen molar-refractivity contribution >= 4 is 29.1 Å². The lowest BCUT2D eigenvalue weighted by Crippen LogP contribution is -2.17. The first-order valence-corrected chi connectivity index (χ1v) is 6.56. The maximum atomic E-state index is 11.4. The monoisotopic (exact) mass is 257 g/mol. The molecule has 3 rings (SSSR count). The molecule has 0 saturated carbocycles. The first kappa shape index (κ1) is 11.3. The Morgan fingerprint density at radius 2 is 2.17 bits per heavy atom. The van der Waals surface area contributed by atoms with Gasteiger partial charge in [-0.3, -0.25) is 0 Å². The molecule has 1 aromatic rings. The van der Waals surface area contributed by atoms with Gasteiger partial charge in [0.1, 0.15) is 0 Å². The van der Waals surface area contributed by atoms with Crippen molar-refractivity contribution in [3.63, 3.8) is 0 Å². The van der Waals surface area contributed by atoms with Gasteiger partial charge < -0.3 is 5.11 Å². The van der Waals surface area contributed by atoms with Gasteiger partial charge in [-0.1, -0.05) is 36.0 Å². The van der Waals surface area contributed by atoms with E-state index in [1.54, 1.807) is 11.8 Å². The molecule has 4 heteroatoms. The quantitative estimate of drug-likeness (QED) is 0.837. The van der Waals surface area contributed by atoms with E-state index in [2.05, 4.69) is 11.1 Å². The van der Waals surface area contributed by atoms with Crippen LogP contribution in [0.2, 0.25) is 0 Å². The second kappa shape index (κ2) is 4.46. The highest BCUT2D eigenvalue weighted by atomic mass is 32.2. The van der Waals surface area contributed by atoms with Crippen LogP contribution in [0.5, 0.6) is 0 Å². The zero-order chi connectivity index (χ0) is 12.5. The number of thioether (sulfide) groups is 1. The molecule has 1 aliphatic carbocycles. The van der Waals surface area contributed by atoms with Crippen LogP contribution in [-0.4, -0.2) is 16.8 Å². The van der Waals surface area contributed by atoms with Crippen molar-refractivity contribution in [3.05, 3.63) is 46.9 Å². The molecular weight excluding hydrogens is 246 g/mol. The topological polar surface area (TPSA) is 49.7 Å². The van der Waals surface area contributed by atoms with Crippen LogP contribution in [0, 0.1) is 0 Å². The summed E-state index contributed by atoms with van der Waals surface area (Å²) in [7, 11) is 0. The van der Waals surface area contributed by atoms with Gasteiger partial charge in [0, 0.05) is 9.80 Å². The maximum Gasteiger partial charge on any atom is 0.354 e. The van der Waals surface area contributed by atoms with E-state index < -0.39 is 5.97 Å². The van der Waals surface area contributed by atoms with Crippen molar-refractivity contribution in [2.24, 2.45) is 4.99 Å². The van der Waals surface area contributed by atoms with Crippen LogP contribution >= 0.6 is 11.8 Å². The zero-order valence-electron chi connectivity index (χ0n) is 9.59. The molecule has 0 bridgehead atoms. The average Bonchev–Trinajstić information content (AvgIpc) is 2.55. The van der Waals surface area contributed by atoms with Gasteiger partial charge in [-0.15, -0.1) is 0 Å². The van der Waals surface area contributed by atoms with Crippen LogP contribution < -0.4 is 0 Å². The van der Waals surface area contributed by atoms with Crippen molar-refractivity contribution in [1.29, 1.82) is 0 Å². The third-order valence-electron chi connectivity index (χ3n) is 2.93. The molecule has 0 unspecified atom stereocenters. The van der Waals surface area contributed by atoms with Crippen molar-refractivity contribution < 1.29 is 9.90 Å². The van der Waals surface area contributed by atoms with Gasteiger partial charge in [0.15, 0.2) is 5.71 Å². The number of fused-ring (bicyclic) bond motifs is 1. The van der Waals surface area contributed by atoms with E-state index in [-0.39, 0.29) is 5.71 Å². The molecule has 0 spiro atoms. The molecular formula is C14H11NO2S. The highest BCUT2D eigenvalue weighted by Crippen LogP contribution is 2.42. The average molecular weight is 257 g/mol. The minimum Gasteiger partial charge on any atom is -0.477 e. The zero-order valence-corrected chi connectivity index (χ0v) is 10.4. The lowest BCUT2D eigenvalue weighted by Gasteiger charge is -2.12. The number of para-hydroxylation sites is 1. The van der Waals surface area contributed by atoms with Gasteiger partial charge in [-0.2, -0.15) is 0 Å². The number of carboxylic acid groups (broad SMARTS) is 1. The van der Waals surface area contributed by atoms with Gasteiger partial charge in [0.05, 0.1) is 5.69 Å². The van der Waals surface area contributed by atoms with Gasteiger partial charge in [-0.05, 0) is 30.5 Å². The SMILES string of the molecule is O=C(O)C1=Nc2ccccc2SC2=C1CCC=C2. The van der Waals surface area contributed by atoms with Crippen LogP contribution in [0.4, 0.5) is 5.69 Å². The minimum atomic E-state index is -0.949. The Morgan fingerprint density at radius 3 is 3.00 bits per heavy atom. The number of hydrogen-bond acceptors (Lipinski definition) is 3. The summed E-state index contributed by atoms with van der Waals surface area (Å²) in [4.78, 5) is 17.7. The Bertz CT molecular complexity index is 614. The summed E-state index contributed by atoms with van der Waals surface area (Å²) in [6.07, 6.45) is 5.71. The summed E-state index contributed by atoms with van der Waals surface area (Å²) < 4.78 is 0. The van der Waals surface area contributed by atoms with Crippen molar-refractivity contribution in [2.75, 3.05) is 0 Å². The fourth-order valence-electron chi connectivity index (χ4n) is 2.09. The van der Waals surface area contributed by atoms with Crippen LogP contribution in [0.25, 0.3) is 0 Å². The summed E-state index contributed by atoms with van der Waals surface area (Å²) in [5, 5.41) is 9.33. The van der Waals surface area contributed by atoms with Crippen LogP contribution in [0.1, 0.15) is 12.8 Å². The molecule has 0 aromatic heterocycles. The van der Waals surface area contributed by atoms with Crippen LogP contribution in [-0.2, 0) is 4.79 Å². The molecule has 0 radical (unpaired) electrons. The molecule has 3 nitrogen and oxygen atoms in total. The van der Waals surface area contributed by atoms with E-state index in [1.807, 2.05) is 30.3 Å². The van der Waals surface area contributed by atoms with Crippen LogP contribution in [0.15, 0.2) is 56.8 Å². The van der Waals surface area contributed by atoms with E-state index in [9.17, 15) is 9.90 Å². The molecule has 0 amide bonds. The number of aliphatic carboxylic acids is 1. The molecule has 1 N–H and O–H groups in total. The molecule has 0 fully saturated rings. The van der Waals surface area contributed by atoms with Crippen molar-refractivity contribution in [2.45, 2.75) is 17.7 Å². The molecule has 1 aromatic carbocycles. The second-order valence-electron chi connectivity index (χ2n) is 4.12. The maximum absolute atomic E-state index is 11.4. The normalized spacial score (nSPS) is 17.7. The predicted octanol–water partition coefficient (Wildman–Crippen LogP) is 3.55. The number of benzene rings is 1. The highest BCUT2D eigenvalue weighted by Gasteiger charge is 2.24. The van der Waals surface area contributed by atoms with Gasteiger partial charge in [0.25, 0.3) is 0 Å². The number of rotatable bonds is 1. The number of carbonyl (C=O) groups is 1. The highest BCUT2D eigenvalue weighted by molar-refractivity contribution is 8.03. The van der Waals surface area contributed by atoms with E-state index in [0.29, 0.717) is 0 Å². The van der Waals surface area contributed by atoms with Gasteiger partial charge in [-0.25, -0.2) is 9.79 Å². The molecule has 2 aliphatic rings. The Morgan fingerprint density at radius 1 is 1.33 bits per heavy atom. The third kappa shape index (κ3) is 1.88. The Balaban J connectivity index is 2.21. The predicted molar refractivity (Wildman–Crippen MR) is 72.4 cm³/mol. The van der Waals surface area contributed by atoms with Crippen LogP contribution in [0.3, 0.4) is 0 Å². The third-order valence-corrected chi connectivity index (χ3v) is 4.10. The largest absolute Gasteiger partial charge is 0.477 e.